The molecule has 0 saturated heterocycles. The van der Waals surface area contributed by atoms with Gasteiger partial charge in [-0.2, -0.15) is 35.4 Å². The van der Waals surface area contributed by atoms with Crippen LogP contribution in [-0.4, -0.2) is 29.3 Å². The van der Waals surface area contributed by atoms with Crippen LogP contribution < -0.4 is 5.11 Å². The van der Waals surface area contributed by atoms with E-state index in [4.69, 9.17) is 15.3 Å². The molecule has 2 aliphatic rings. The normalized spacial score (nSPS) is 14.5. The van der Waals surface area contributed by atoms with E-state index in [0.29, 0.717) is 0 Å². The number of rotatable bonds is 0. The van der Waals surface area contributed by atoms with Crippen molar-refractivity contribution in [2.45, 2.75) is 92.9 Å². The molecule has 0 atom stereocenters. The minimum absolute atomic E-state index is 0. The first-order valence-corrected chi connectivity index (χ1v) is 10.5. The Balaban J connectivity index is 0. The zero-order valence-electron chi connectivity index (χ0n) is 19.9. The Labute approximate surface area is 197 Å². The average Bonchev–Trinajstić information content (AvgIpc) is 3.01. The molecule has 0 fully saturated rings. The number of carbonyl (C=O) groups is 2. The van der Waals surface area contributed by atoms with Crippen molar-refractivity contribution < 1.29 is 46.6 Å². The van der Waals surface area contributed by atoms with Crippen LogP contribution in [0, 0.1) is 10.8 Å². The number of fused-ring (bicyclic) bond motifs is 3. The Bertz CT molecular complexity index is 593. The van der Waals surface area contributed by atoms with Crippen molar-refractivity contribution in [3.05, 3.63) is 28.3 Å². The molecule has 30 heavy (non-hydrogen) atoms. The maximum absolute atomic E-state index is 10.0. The van der Waals surface area contributed by atoms with Crippen molar-refractivity contribution in [1.29, 1.82) is 0 Å². The Kier molecular flexibility index (Phi) is 14.6. The van der Waals surface area contributed by atoms with Crippen LogP contribution >= 0.6 is 0 Å². The molecule has 0 spiro atoms. The number of aryl methyl sites for hydroxylation is 2. The molecular weight excluding hydrogens is 416 g/mol. The van der Waals surface area contributed by atoms with E-state index in [9.17, 15) is 9.59 Å². The third-order valence-corrected chi connectivity index (χ3v) is 5.02. The third-order valence-electron chi connectivity index (χ3n) is 5.02. The van der Waals surface area contributed by atoms with Gasteiger partial charge in [0.2, 0.25) is 0 Å². The van der Waals surface area contributed by atoms with Gasteiger partial charge in [0.1, 0.15) is 0 Å². The molecule has 0 unspecified atom stereocenters. The van der Waals surface area contributed by atoms with E-state index in [-0.39, 0.29) is 21.7 Å². The Morgan fingerprint density at radius 2 is 0.933 bits per heavy atom. The minimum Gasteiger partial charge on any atom is -0.857 e. The first-order chi connectivity index (χ1) is 13.3. The van der Waals surface area contributed by atoms with Gasteiger partial charge in [-0.25, -0.2) is 0 Å². The topological polar surface area (TPSA) is 97.7 Å². The first kappa shape index (κ1) is 31.2. The van der Waals surface area contributed by atoms with Gasteiger partial charge in [0, 0.05) is 0 Å². The zero-order chi connectivity index (χ0) is 22.8. The Hall–Kier alpha value is -1.04. The molecule has 0 amide bonds. The Morgan fingerprint density at radius 1 is 0.700 bits per heavy atom. The van der Waals surface area contributed by atoms with Gasteiger partial charge in [-0.05, 0) is 41.5 Å². The molecule has 0 saturated carbocycles. The van der Waals surface area contributed by atoms with Crippen molar-refractivity contribution in [2.24, 2.45) is 10.8 Å². The molecule has 1 aromatic rings. The SMILES string of the molecule is CC(C)(C)C(=O)O.CC(C)(C)C(=O)O.C[O-].[Ti+2].[cH-]1c2c(c3c1CCCC3)CCCC2. The van der Waals surface area contributed by atoms with Crippen molar-refractivity contribution in [3.8, 4) is 0 Å². The van der Waals surface area contributed by atoms with Crippen molar-refractivity contribution in [1.82, 2.24) is 0 Å². The second-order valence-corrected chi connectivity index (χ2v) is 9.68. The minimum atomic E-state index is -0.757. The van der Waals surface area contributed by atoms with Crippen molar-refractivity contribution >= 4 is 11.9 Å². The van der Waals surface area contributed by atoms with Crippen LogP contribution in [0.25, 0.3) is 0 Å². The summed E-state index contributed by atoms with van der Waals surface area (Å²) in [5.41, 5.74) is 5.78. The molecule has 1 aromatic carbocycles. The van der Waals surface area contributed by atoms with E-state index in [0.717, 1.165) is 7.11 Å². The van der Waals surface area contributed by atoms with E-state index in [1.54, 1.807) is 63.8 Å². The van der Waals surface area contributed by atoms with E-state index in [1.165, 1.54) is 51.4 Å². The number of carboxylic acids is 2. The fourth-order valence-electron chi connectivity index (χ4n) is 3.08. The van der Waals surface area contributed by atoms with Crippen LogP contribution in [0.15, 0.2) is 6.07 Å². The van der Waals surface area contributed by atoms with Crippen molar-refractivity contribution in [2.75, 3.05) is 7.11 Å². The first-order valence-electron chi connectivity index (χ1n) is 10.5. The summed E-state index contributed by atoms with van der Waals surface area (Å²) in [6.07, 6.45) is 11.2. The van der Waals surface area contributed by atoms with Crippen LogP contribution in [0.1, 0.15) is 89.5 Å². The molecule has 5 nitrogen and oxygen atoms in total. The van der Waals surface area contributed by atoms with E-state index in [2.05, 4.69) is 6.07 Å². The van der Waals surface area contributed by atoms with Crippen LogP contribution in [-0.2, 0) is 57.0 Å². The number of hydrogen-bond acceptors (Lipinski definition) is 3. The second-order valence-electron chi connectivity index (χ2n) is 9.68. The fourth-order valence-corrected chi connectivity index (χ4v) is 3.08. The van der Waals surface area contributed by atoms with Gasteiger partial charge in [0.15, 0.2) is 0 Å². The summed E-state index contributed by atoms with van der Waals surface area (Å²) in [5.74, 6) is -1.51. The van der Waals surface area contributed by atoms with Gasteiger partial charge in [-0.3, -0.25) is 9.59 Å². The summed E-state index contributed by atoms with van der Waals surface area (Å²) in [6.45, 7) is 9.97. The molecule has 0 bridgehead atoms. The number of hydrogen-bond donors (Lipinski definition) is 2. The fraction of sp³-hybridized carbons (Fsp3) is 0.708. The largest absolute Gasteiger partial charge is 2.00 e. The molecule has 0 aromatic heterocycles. The zero-order valence-corrected chi connectivity index (χ0v) is 21.4. The smallest absolute Gasteiger partial charge is 0.857 e. The van der Waals surface area contributed by atoms with Gasteiger partial charge in [-0.15, -0.1) is 0 Å². The van der Waals surface area contributed by atoms with Gasteiger partial charge in [0.05, 0.1) is 10.8 Å². The summed E-state index contributed by atoms with van der Waals surface area (Å²) >= 11 is 0. The summed E-state index contributed by atoms with van der Waals surface area (Å²) < 4.78 is 0. The van der Waals surface area contributed by atoms with Gasteiger partial charge >= 0.3 is 33.7 Å². The summed E-state index contributed by atoms with van der Waals surface area (Å²) in [4.78, 5) is 20.0. The Morgan fingerprint density at radius 3 is 1.17 bits per heavy atom. The number of carboxylic acid groups (broad SMARTS) is 2. The van der Waals surface area contributed by atoms with Crippen molar-refractivity contribution in [3.63, 3.8) is 0 Å². The molecule has 0 radical (unpaired) electrons. The summed E-state index contributed by atoms with van der Waals surface area (Å²) in [6, 6.07) is 2.52. The standard InChI is InChI=1S/C13H17.2C5H10O2.CH3O.Ti/c1-3-7-12-10(5-1)9-11-6-2-4-8-13(11)12;2*1-5(2,3)4(6)7;1-2;/h9H,1-8H2;2*1-3H3,(H,6,7);1H3;/q-1;;;-1;+2. The molecule has 170 valence electrons. The maximum atomic E-state index is 10.0. The molecule has 2 N–H and O–H groups in total. The molecular formula is C24H40O5Ti. The quantitative estimate of drug-likeness (QED) is 0.446. The molecule has 2 aliphatic carbocycles. The monoisotopic (exact) mass is 456 g/mol. The van der Waals surface area contributed by atoms with Gasteiger partial charge < -0.3 is 15.3 Å². The van der Waals surface area contributed by atoms with Crippen LogP contribution in [0.5, 0.6) is 0 Å². The molecule has 0 heterocycles. The van der Waals surface area contributed by atoms with E-state index in [1.807, 2.05) is 0 Å². The van der Waals surface area contributed by atoms with E-state index >= 15 is 0 Å². The molecule has 6 heteroatoms. The van der Waals surface area contributed by atoms with E-state index < -0.39 is 22.8 Å². The summed E-state index contributed by atoms with van der Waals surface area (Å²) in [7, 11) is 0.750. The van der Waals surface area contributed by atoms with Gasteiger partial charge in [0.25, 0.3) is 0 Å². The summed E-state index contributed by atoms with van der Waals surface area (Å²) in [5, 5.41) is 24.8. The van der Waals surface area contributed by atoms with Gasteiger partial charge in [-0.1, -0.05) is 51.4 Å². The average molecular weight is 456 g/mol. The third kappa shape index (κ3) is 10.8. The van der Waals surface area contributed by atoms with Crippen LogP contribution in [0.2, 0.25) is 0 Å². The molecule has 3 rings (SSSR count). The van der Waals surface area contributed by atoms with Crippen LogP contribution in [0.3, 0.4) is 0 Å². The maximum Gasteiger partial charge on any atom is 2.00 e. The predicted octanol–water partition coefficient (Wildman–Crippen LogP) is 4.37. The van der Waals surface area contributed by atoms with Crippen LogP contribution in [0.4, 0.5) is 0 Å². The number of aliphatic carboxylic acids is 2. The molecule has 0 aliphatic heterocycles. The second kappa shape index (κ2) is 14.1. The predicted molar refractivity (Wildman–Crippen MR) is 115 cm³/mol.